The maximum Gasteiger partial charge on any atom is 0.0797 e. The zero-order valence-electron chi connectivity index (χ0n) is 11.1. The number of hydrogen-bond donors (Lipinski definition) is 1. The van der Waals surface area contributed by atoms with Gasteiger partial charge in [0.15, 0.2) is 0 Å². The standard InChI is InChI=1S/C15H26O/c1-6-15(5,16)11-9-13-12(2)8-7-10-14(13,3)4/h6,13,16H,1-2,7-11H2,3-5H3/t13-,15+/m0/s1. The average molecular weight is 222 g/mol. The molecular formula is C15H26O. The van der Waals surface area contributed by atoms with E-state index in [-0.39, 0.29) is 0 Å². The van der Waals surface area contributed by atoms with Gasteiger partial charge in [-0.25, -0.2) is 0 Å². The molecule has 0 aromatic heterocycles. The Balaban J connectivity index is 2.63. The third-order valence-corrected chi connectivity index (χ3v) is 4.13. The summed E-state index contributed by atoms with van der Waals surface area (Å²) in [5.41, 5.74) is 0.983. The van der Waals surface area contributed by atoms with Crippen molar-refractivity contribution in [2.24, 2.45) is 11.3 Å². The SMILES string of the molecule is C=C[C@@](C)(O)CC[C@H]1C(=C)CCCC1(C)C. The summed E-state index contributed by atoms with van der Waals surface area (Å²) in [7, 11) is 0. The van der Waals surface area contributed by atoms with E-state index in [1.807, 2.05) is 6.92 Å². The van der Waals surface area contributed by atoms with E-state index in [1.165, 1.54) is 18.4 Å². The highest BCUT2D eigenvalue weighted by Crippen LogP contribution is 2.45. The van der Waals surface area contributed by atoms with E-state index in [0.29, 0.717) is 11.3 Å². The number of allylic oxidation sites excluding steroid dienone is 1. The van der Waals surface area contributed by atoms with Gasteiger partial charge in [0.1, 0.15) is 0 Å². The molecule has 0 unspecified atom stereocenters. The lowest BCUT2D eigenvalue weighted by Crippen LogP contribution is -2.32. The fourth-order valence-electron chi connectivity index (χ4n) is 2.81. The molecular weight excluding hydrogens is 196 g/mol. The molecule has 1 heteroatoms. The first-order chi connectivity index (χ1) is 7.28. The van der Waals surface area contributed by atoms with Crippen molar-refractivity contribution in [3.63, 3.8) is 0 Å². The van der Waals surface area contributed by atoms with Crippen molar-refractivity contribution < 1.29 is 5.11 Å². The van der Waals surface area contributed by atoms with Crippen LogP contribution in [0.3, 0.4) is 0 Å². The molecule has 1 aliphatic carbocycles. The molecule has 1 saturated carbocycles. The third-order valence-electron chi connectivity index (χ3n) is 4.13. The van der Waals surface area contributed by atoms with Crippen molar-refractivity contribution in [2.75, 3.05) is 0 Å². The Kier molecular flexibility index (Phi) is 4.01. The van der Waals surface area contributed by atoms with E-state index in [4.69, 9.17) is 0 Å². The molecule has 0 bridgehead atoms. The van der Waals surface area contributed by atoms with Gasteiger partial charge < -0.3 is 5.11 Å². The van der Waals surface area contributed by atoms with Crippen LogP contribution in [0, 0.1) is 11.3 Å². The van der Waals surface area contributed by atoms with Gasteiger partial charge in [-0.05, 0) is 50.4 Å². The molecule has 0 aliphatic heterocycles. The largest absolute Gasteiger partial charge is 0.386 e. The average Bonchev–Trinajstić information content (AvgIpc) is 2.16. The highest BCUT2D eigenvalue weighted by Gasteiger charge is 2.35. The van der Waals surface area contributed by atoms with Crippen molar-refractivity contribution in [1.29, 1.82) is 0 Å². The van der Waals surface area contributed by atoms with E-state index in [0.717, 1.165) is 19.3 Å². The first kappa shape index (κ1) is 13.5. The second-order valence-electron chi connectivity index (χ2n) is 6.15. The summed E-state index contributed by atoms with van der Waals surface area (Å²) < 4.78 is 0. The molecule has 0 heterocycles. The molecule has 16 heavy (non-hydrogen) atoms. The van der Waals surface area contributed by atoms with Gasteiger partial charge in [0.2, 0.25) is 0 Å². The van der Waals surface area contributed by atoms with E-state index in [2.05, 4.69) is 27.0 Å². The minimum absolute atomic E-state index is 0.340. The van der Waals surface area contributed by atoms with E-state index < -0.39 is 5.60 Å². The molecule has 0 spiro atoms. The van der Waals surface area contributed by atoms with Crippen LogP contribution in [0.4, 0.5) is 0 Å². The second kappa shape index (κ2) is 4.75. The maximum absolute atomic E-state index is 9.96. The molecule has 0 aromatic carbocycles. The van der Waals surface area contributed by atoms with Crippen LogP contribution in [-0.2, 0) is 0 Å². The Bertz CT molecular complexity index is 273. The summed E-state index contributed by atoms with van der Waals surface area (Å²) in [6.07, 6.45) is 7.14. The minimum atomic E-state index is -0.728. The fraction of sp³-hybridized carbons (Fsp3) is 0.733. The van der Waals surface area contributed by atoms with Crippen LogP contribution in [-0.4, -0.2) is 10.7 Å². The molecule has 1 N–H and O–H groups in total. The molecule has 1 aliphatic rings. The van der Waals surface area contributed by atoms with Gasteiger partial charge in [0.25, 0.3) is 0 Å². The van der Waals surface area contributed by atoms with Crippen LogP contribution in [0.5, 0.6) is 0 Å². The zero-order valence-corrected chi connectivity index (χ0v) is 11.1. The van der Waals surface area contributed by atoms with Crippen LogP contribution in [0.25, 0.3) is 0 Å². The van der Waals surface area contributed by atoms with E-state index in [1.54, 1.807) is 6.08 Å². The molecule has 0 saturated heterocycles. The topological polar surface area (TPSA) is 20.2 Å². The number of hydrogen-bond acceptors (Lipinski definition) is 1. The van der Waals surface area contributed by atoms with E-state index >= 15 is 0 Å². The molecule has 0 radical (unpaired) electrons. The second-order valence-corrected chi connectivity index (χ2v) is 6.15. The Morgan fingerprint density at radius 2 is 2.19 bits per heavy atom. The van der Waals surface area contributed by atoms with Crippen molar-refractivity contribution >= 4 is 0 Å². The summed E-state index contributed by atoms with van der Waals surface area (Å²) in [6.45, 7) is 14.4. The predicted molar refractivity (Wildman–Crippen MR) is 70.3 cm³/mol. The lowest BCUT2D eigenvalue weighted by atomic mass is 9.64. The van der Waals surface area contributed by atoms with Crippen LogP contribution in [0.1, 0.15) is 52.9 Å². The van der Waals surface area contributed by atoms with Gasteiger partial charge in [0.05, 0.1) is 5.60 Å². The quantitative estimate of drug-likeness (QED) is 0.710. The third kappa shape index (κ3) is 3.21. The molecule has 1 nitrogen and oxygen atoms in total. The summed E-state index contributed by atoms with van der Waals surface area (Å²) in [4.78, 5) is 0. The number of aliphatic hydroxyl groups is 1. The Hall–Kier alpha value is -0.560. The highest BCUT2D eigenvalue weighted by molar-refractivity contribution is 5.10. The highest BCUT2D eigenvalue weighted by atomic mass is 16.3. The normalized spacial score (nSPS) is 28.5. The van der Waals surface area contributed by atoms with Gasteiger partial charge in [-0.3, -0.25) is 0 Å². The zero-order chi connectivity index (χ0) is 12.4. The first-order valence-corrected chi connectivity index (χ1v) is 6.32. The first-order valence-electron chi connectivity index (χ1n) is 6.32. The summed E-state index contributed by atoms with van der Waals surface area (Å²) in [5.74, 6) is 0.549. The fourth-order valence-corrected chi connectivity index (χ4v) is 2.81. The van der Waals surface area contributed by atoms with Crippen LogP contribution in [0.2, 0.25) is 0 Å². The lowest BCUT2D eigenvalue weighted by Gasteiger charge is -2.41. The molecule has 92 valence electrons. The van der Waals surface area contributed by atoms with Gasteiger partial charge in [-0.2, -0.15) is 0 Å². The summed E-state index contributed by atoms with van der Waals surface area (Å²) in [5, 5.41) is 9.96. The van der Waals surface area contributed by atoms with Crippen molar-refractivity contribution in [2.45, 2.75) is 58.5 Å². The molecule has 0 aromatic rings. The maximum atomic E-state index is 9.96. The van der Waals surface area contributed by atoms with Crippen LogP contribution < -0.4 is 0 Å². The van der Waals surface area contributed by atoms with Gasteiger partial charge >= 0.3 is 0 Å². The van der Waals surface area contributed by atoms with Crippen molar-refractivity contribution in [1.82, 2.24) is 0 Å². The van der Waals surface area contributed by atoms with Gasteiger partial charge in [-0.1, -0.05) is 32.1 Å². The van der Waals surface area contributed by atoms with Crippen LogP contribution in [0.15, 0.2) is 24.8 Å². The predicted octanol–water partition coefficient (Wildman–Crippen LogP) is 4.09. The smallest absolute Gasteiger partial charge is 0.0797 e. The number of rotatable bonds is 4. The Morgan fingerprint density at radius 3 is 2.69 bits per heavy atom. The Labute approximate surface area is 100 Å². The molecule has 1 rings (SSSR count). The molecule has 2 atom stereocenters. The molecule has 1 fully saturated rings. The summed E-state index contributed by atoms with van der Waals surface area (Å²) in [6, 6.07) is 0. The minimum Gasteiger partial charge on any atom is -0.386 e. The lowest BCUT2D eigenvalue weighted by molar-refractivity contribution is 0.0796. The summed E-state index contributed by atoms with van der Waals surface area (Å²) >= 11 is 0. The molecule has 0 amide bonds. The van der Waals surface area contributed by atoms with E-state index in [9.17, 15) is 5.11 Å². The Morgan fingerprint density at radius 1 is 1.56 bits per heavy atom. The monoisotopic (exact) mass is 222 g/mol. The van der Waals surface area contributed by atoms with Crippen molar-refractivity contribution in [3.05, 3.63) is 24.8 Å². The van der Waals surface area contributed by atoms with Gasteiger partial charge in [0, 0.05) is 0 Å². The van der Waals surface area contributed by atoms with Crippen LogP contribution >= 0.6 is 0 Å². The van der Waals surface area contributed by atoms with Gasteiger partial charge in [-0.15, -0.1) is 6.58 Å². The van der Waals surface area contributed by atoms with Crippen molar-refractivity contribution in [3.8, 4) is 0 Å².